The number of aryl methyl sites for hydroxylation is 1. The molecule has 2 N–H and O–H groups in total. The fraction of sp³-hybridized carbons (Fsp3) is 0.692. The van der Waals surface area contributed by atoms with Gasteiger partial charge in [-0.25, -0.2) is 13.1 Å². The monoisotopic (exact) mass is 304 g/mol. The van der Waals surface area contributed by atoms with E-state index in [2.05, 4.69) is 4.72 Å². The Hall–Kier alpha value is -0.890. The van der Waals surface area contributed by atoms with Gasteiger partial charge in [0.05, 0.1) is 17.1 Å². The maximum Gasteiger partial charge on any atom is 0.242 e. The Bertz CT molecular complexity index is 535. The molecule has 20 heavy (non-hydrogen) atoms. The highest BCUT2D eigenvalue weighted by Crippen LogP contribution is 2.16. The number of aliphatic hydroxyl groups is 1. The first-order valence-electron chi connectivity index (χ1n) is 6.60. The van der Waals surface area contributed by atoms with Crippen LogP contribution < -0.4 is 4.72 Å². The summed E-state index contributed by atoms with van der Waals surface area (Å²) in [5.41, 5.74) is 0.0250. The van der Waals surface area contributed by atoms with Crippen molar-refractivity contribution in [1.82, 2.24) is 9.29 Å². The summed E-state index contributed by atoms with van der Waals surface area (Å²) >= 11 is 0. The van der Waals surface area contributed by atoms with Crippen molar-refractivity contribution in [2.45, 2.75) is 50.8 Å². The minimum Gasteiger partial charge on any atom is -0.390 e. The van der Waals surface area contributed by atoms with Gasteiger partial charge in [-0.2, -0.15) is 0 Å². The molecule has 1 aromatic heterocycles. The van der Waals surface area contributed by atoms with Crippen molar-refractivity contribution in [2.24, 2.45) is 0 Å². The number of hydrogen-bond acceptors (Lipinski definition) is 4. The van der Waals surface area contributed by atoms with E-state index in [0.717, 1.165) is 6.42 Å². The number of aromatic nitrogens is 1. The Kier molecular flexibility index (Phi) is 5.76. The molecule has 0 aromatic carbocycles. The van der Waals surface area contributed by atoms with E-state index in [4.69, 9.17) is 4.74 Å². The molecule has 0 radical (unpaired) electrons. The molecule has 0 fully saturated rings. The maximum absolute atomic E-state index is 12.2. The third-order valence-electron chi connectivity index (χ3n) is 3.14. The van der Waals surface area contributed by atoms with Gasteiger partial charge in [0, 0.05) is 32.1 Å². The van der Waals surface area contributed by atoms with E-state index < -0.39 is 15.6 Å². The second-order valence-corrected chi connectivity index (χ2v) is 7.07. The molecular formula is C13H24N2O4S. The van der Waals surface area contributed by atoms with E-state index in [9.17, 15) is 13.5 Å². The minimum atomic E-state index is -3.60. The molecule has 6 nitrogen and oxygen atoms in total. The maximum atomic E-state index is 12.2. The number of rotatable bonds is 8. The van der Waals surface area contributed by atoms with Crippen LogP contribution in [0.15, 0.2) is 17.2 Å². The molecule has 0 unspecified atom stereocenters. The molecule has 0 amide bonds. The van der Waals surface area contributed by atoms with E-state index in [1.165, 1.54) is 13.2 Å². The lowest BCUT2D eigenvalue weighted by atomic mass is 10.1. The number of nitrogens with zero attached hydrogens (tertiary/aromatic N) is 1. The topological polar surface area (TPSA) is 80.6 Å². The van der Waals surface area contributed by atoms with E-state index in [1.807, 2.05) is 6.92 Å². The zero-order valence-corrected chi connectivity index (χ0v) is 13.3. The predicted molar refractivity (Wildman–Crippen MR) is 76.9 cm³/mol. The highest BCUT2D eigenvalue weighted by Gasteiger charge is 2.23. The molecule has 0 saturated heterocycles. The van der Waals surface area contributed by atoms with Gasteiger partial charge in [0.15, 0.2) is 0 Å². The minimum absolute atomic E-state index is 0.168. The highest BCUT2D eigenvalue weighted by atomic mass is 32.2. The van der Waals surface area contributed by atoms with Gasteiger partial charge < -0.3 is 14.4 Å². The van der Waals surface area contributed by atoms with Crippen molar-refractivity contribution in [3.05, 3.63) is 18.0 Å². The Morgan fingerprint density at radius 2 is 2.10 bits per heavy atom. The summed E-state index contributed by atoms with van der Waals surface area (Å²) in [4.78, 5) is 0.168. The molecule has 0 aliphatic rings. The van der Waals surface area contributed by atoms with Gasteiger partial charge in [-0.15, -0.1) is 0 Å². The van der Waals surface area contributed by atoms with Crippen LogP contribution in [0.4, 0.5) is 0 Å². The average molecular weight is 304 g/mol. The highest BCUT2D eigenvalue weighted by molar-refractivity contribution is 7.89. The zero-order chi connectivity index (χ0) is 15.4. The number of sulfonamides is 1. The Morgan fingerprint density at radius 3 is 2.60 bits per heavy atom. The molecule has 0 bridgehead atoms. The van der Waals surface area contributed by atoms with Crippen molar-refractivity contribution in [1.29, 1.82) is 0 Å². The summed E-state index contributed by atoms with van der Waals surface area (Å²) in [6.07, 6.45) is 2.42. The second-order valence-electron chi connectivity index (χ2n) is 5.31. The van der Waals surface area contributed by atoms with Crippen molar-refractivity contribution >= 4 is 10.0 Å². The lowest BCUT2D eigenvalue weighted by Crippen LogP contribution is -2.39. The Morgan fingerprint density at radius 1 is 1.45 bits per heavy atom. The van der Waals surface area contributed by atoms with Crippen LogP contribution in [-0.2, 0) is 27.9 Å². The van der Waals surface area contributed by atoms with Crippen LogP contribution in [0.5, 0.6) is 0 Å². The molecular weight excluding hydrogens is 280 g/mol. The van der Waals surface area contributed by atoms with Crippen LogP contribution in [-0.4, -0.2) is 37.3 Å². The summed E-state index contributed by atoms with van der Waals surface area (Å²) in [7, 11) is -2.06. The van der Waals surface area contributed by atoms with E-state index >= 15 is 0 Å². The molecule has 1 aromatic rings. The quantitative estimate of drug-likeness (QED) is 0.753. The zero-order valence-electron chi connectivity index (χ0n) is 12.5. The summed E-state index contributed by atoms with van der Waals surface area (Å²) < 4.78 is 33.9. The fourth-order valence-electron chi connectivity index (χ4n) is 1.68. The first kappa shape index (κ1) is 17.2. The fourth-order valence-corrected chi connectivity index (χ4v) is 2.94. The molecule has 0 atom stereocenters. The van der Waals surface area contributed by atoms with Crippen molar-refractivity contribution in [2.75, 3.05) is 13.7 Å². The van der Waals surface area contributed by atoms with Crippen molar-refractivity contribution < 1.29 is 18.3 Å². The largest absolute Gasteiger partial charge is 0.390 e. The molecule has 0 saturated carbocycles. The predicted octanol–water partition coefficient (Wildman–Crippen LogP) is 1.09. The first-order chi connectivity index (χ1) is 9.25. The molecule has 1 rings (SSSR count). The lowest BCUT2D eigenvalue weighted by Gasteiger charge is -2.22. The number of methoxy groups -OCH3 is 1. The number of aliphatic hydroxyl groups excluding tert-OH is 1. The van der Waals surface area contributed by atoms with Crippen LogP contribution in [0, 0.1) is 0 Å². The van der Waals surface area contributed by atoms with Gasteiger partial charge in [-0.05, 0) is 26.3 Å². The molecule has 0 spiro atoms. The Balaban J connectivity index is 2.92. The van der Waals surface area contributed by atoms with Crippen LogP contribution in [0.1, 0.15) is 32.9 Å². The second kappa shape index (κ2) is 6.71. The van der Waals surface area contributed by atoms with Crippen LogP contribution in [0.3, 0.4) is 0 Å². The van der Waals surface area contributed by atoms with Crippen molar-refractivity contribution in [3.8, 4) is 0 Å². The van der Waals surface area contributed by atoms with Gasteiger partial charge in [-0.1, -0.05) is 6.92 Å². The normalized spacial score (nSPS) is 12.8. The smallest absolute Gasteiger partial charge is 0.242 e. The van der Waals surface area contributed by atoms with Gasteiger partial charge in [-0.3, -0.25) is 0 Å². The molecule has 0 aliphatic heterocycles. The van der Waals surface area contributed by atoms with Gasteiger partial charge in [0.1, 0.15) is 0 Å². The van der Waals surface area contributed by atoms with E-state index in [0.29, 0.717) is 12.2 Å². The molecule has 116 valence electrons. The standard InChI is InChI=1S/C13H24N2O4S/c1-5-6-15-8-12(7-11(15)9-16)20(17,18)14-10-13(2,3)19-4/h7-8,14,16H,5-6,9-10H2,1-4H3. The SMILES string of the molecule is CCCn1cc(S(=O)(=O)NCC(C)(C)OC)cc1CO. The summed E-state index contributed by atoms with van der Waals surface area (Å²) in [5.74, 6) is 0. The van der Waals surface area contributed by atoms with Gasteiger partial charge >= 0.3 is 0 Å². The van der Waals surface area contributed by atoms with E-state index in [1.54, 1.807) is 24.6 Å². The number of nitrogens with one attached hydrogen (secondary N) is 1. The summed E-state index contributed by atoms with van der Waals surface area (Å²) in [5, 5.41) is 9.27. The Labute approximate surface area is 120 Å². The third-order valence-corrected chi connectivity index (χ3v) is 4.51. The van der Waals surface area contributed by atoms with Crippen LogP contribution in [0.2, 0.25) is 0 Å². The number of ether oxygens (including phenoxy) is 1. The van der Waals surface area contributed by atoms with Crippen molar-refractivity contribution in [3.63, 3.8) is 0 Å². The molecule has 7 heteroatoms. The van der Waals surface area contributed by atoms with Gasteiger partial charge in [0.2, 0.25) is 10.0 Å². The summed E-state index contributed by atoms with van der Waals surface area (Å²) in [6.45, 7) is 6.27. The average Bonchev–Trinajstić information content (AvgIpc) is 2.81. The van der Waals surface area contributed by atoms with Crippen LogP contribution in [0.25, 0.3) is 0 Å². The first-order valence-corrected chi connectivity index (χ1v) is 8.09. The molecule has 1 heterocycles. The lowest BCUT2D eigenvalue weighted by molar-refractivity contribution is 0.0276. The third kappa shape index (κ3) is 4.31. The van der Waals surface area contributed by atoms with Gasteiger partial charge in [0.25, 0.3) is 0 Å². The van der Waals surface area contributed by atoms with Crippen LogP contribution >= 0.6 is 0 Å². The molecule has 0 aliphatic carbocycles. The summed E-state index contributed by atoms with van der Waals surface area (Å²) in [6, 6.07) is 1.50. The van der Waals surface area contributed by atoms with E-state index in [-0.39, 0.29) is 18.0 Å². The number of hydrogen-bond donors (Lipinski definition) is 2.